The van der Waals surface area contributed by atoms with Gasteiger partial charge >= 0.3 is 0 Å². The zero-order chi connectivity index (χ0) is 21.1. The van der Waals surface area contributed by atoms with Crippen molar-refractivity contribution >= 4 is 23.6 Å². The highest BCUT2D eigenvalue weighted by atomic mass is 32.2. The largest absolute Gasteiger partial charge is 0.354 e. The van der Waals surface area contributed by atoms with Crippen LogP contribution in [0.15, 0.2) is 54.6 Å². The Balaban J connectivity index is 2.01. The number of carbonyl (C=O) groups is 2. The molecule has 2 aromatic rings. The summed E-state index contributed by atoms with van der Waals surface area (Å²) in [5.41, 5.74) is 3.50. The number of unbranched alkanes of at least 4 members (excludes halogenated alkanes) is 1. The summed E-state index contributed by atoms with van der Waals surface area (Å²) in [6, 6.07) is 17.6. The van der Waals surface area contributed by atoms with Crippen molar-refractivity contribution in [2.24, 2.45) is 0 Å². The number of benzene rings is 2. The number of hydrogen-bond acceptors (Lipinski definition) is 3. The van der Waals surface area contributed by atoms with Gasteiger partial charge in [-0.15, -0.1) is 11.8 Å². The lowest BCUT2D eigenvalue weighted by Crippen LogP contribution is -2.48. The van der Waals surface area contributed by atoms with Crippen molar-refractivity contribution in [2.45, 2.75) is 52.0 Å². The van der Waals surface area contributed by atoms with Crippen molar-refractivity contribution < 1.29 is 9.59 Å². The Hall–Kier alpha value is -2.27. The van der Waals surface area contributed by atoms with Gasteiger partial charge in [0.2, 0.25) is 11.8 Å². The number of nitrogens with one attached hydrogen (secondary N) is 1. The highest BCUT2D eigenvalue weighted by molar-refractivity contribution is 7.99. The molecule has 156 valence electrons. The Bertz CT molecular complexity index is 779. The van der Waals surface area contributed by atoms with Gasteiger partial charge in [0.15, 0.2) is 0 Å². The number of nitrogens with zero attached hydrogens (tertiary/aromatic N) is 1. The fourth-order valence-corrected chi connectivity index (χ4v) is 3.99. The lowest BCUT2D eigenvalue weighted by molar-refractivity contribution is -0.138. The van der Waals surface area contributed by atoms with E-state index in [1.165, 1.54) is 11.1 Å². The molecule has 1 N–H and O–H groups in total. The monoisotopic (exact) mass is 412 g/mol. The van der Waals surface area contributed by atoms with E-state index in [4.69, 9.17) is 0 Å². The Morgan fingerprint density at radius 1 is 1.07 bits per heavy atom. The highest BCUT2D eigenvalue weighted by Crippen LogP contribution is 2.18. The number of aryl methyl sites for hydroxylation is 1. The molecule has 0 aliphatic carbocycles. The average molecular weight is 413 g/mol. The molecule has 0 heterocycles. The molecule has 0 saturated heterocycles. The molecule has 0 spiro atoms. The van der Waals surface area contributed by atoms with Crippen molar-refractivity contribution in [3.63, 3.8) is 0 Å². The topological polar surface area (TPSA) is 49.4 Å². The van der Waals surface area contributed by atoms with Crippen molar-refractivity contribution in [2.75, 3.05) is 12.3 Å². The molecule has 5 heteroatoms. The summed E-state index contributed by atoms with van der Waals surface area (Å²) in [4.78, 5) is 27.3. The first kappa shape index (κ1) is 23.0. The lowest BCUT2D eigenvalue weighted by atomic mass is 10.1. The quantitative estimate of drug-likeness (QED) is 0.550. The fourth-order valence-electron chi connectivity index (χ4n) is 3.00. The third-order valence-electron chi connectivity index (χ3n) is 4.94. The molecule has 0 aliphatic rings. The Morgan fingerprint density at radius 2 is 1.76 bits per heavy atom. The van der Waals surface area contributed by atoms with Gasteiger partial charge in [0, 0.05) is 18.8 Å². The number of rotatable bonds is 11. The van der Waals surface area contributed by atoms with Gasteiger partial charge in [-0.2, -0.15) is 0 Å². The van der Waals surface area contributed by atoms with Crippen molar-refractivity contribution in [3.8, 4) is 0 Å². The van der Waals surface area contributed by atoms with Crippen LogP contribution in [0, 0.1) is 6.92 Å². The van der Waals surface area contributed by atoms with Crippen molar-refractivity contribution in [3.05, 3.63) is 71.3 Å². The molecule has 2 aromatic carbocycles. The third kappa shape index (κ3) is 7.58. The van der Waals surface area contributed by atoms with E-state index in [1.807, 2.05) is 49.4 Å². The second-order valence-electron chi connectivity index (χ2n) is 7.25. The van der Waals surface area contributed by atoms with Crippen LogP contribution in [0.5, 0.6) is 0 Å². The Labute approximate surface area is 179 Å². The number of thioether (sulfide) groups is 1. The molecular weight excluding hydrogens is 380 g/mol. The van der Waals surface area contributed by atoms with Crippen LogP contribution in [-0.4, -0.2) is 35.1 Å². The van der Waals surface area contributed by atoms with E-state index < -0.39 is 6.04 Å². The normalized spacial score (nSPS) is 11.7. The van der Waals surface area contributed by atoms with Gasteiger partial charge in [-0.25, -0.2) is 0 Å². The Kier molecular flexibility index (Phi) is 9.78. The van der Waals surface area contributed by atoms with E-state index >= 15 is 0 Å². The zero-order valence-electron chi connectivity index (χ0n) is 17.7. The molecule has 29 heavy (non-hydrogen) atoms. The molecule has 0 fully saturated rings. The van der Waals surface area contributed by atoms with Gasteiger partial charge in [0.05, 0.1) is 5.75 Å². The third-order valence-corrected chi connectivity index (χ3v) is 5.90. The van der Waals surface area contributed by atoms with Crippen LogP contribution in [0.1, 0.15) is 43.4 Å². The van der Waals surface area contributed by atoms with Gasteiger partial charge in [-0.05, 0) is 37.0 Å². The summed E-state index contributed by atoms with van der Waals surface area (Å²) in [6.07, 6.45) is 1.97. The maximum atomic E-state index is 13.0. The van der Waals surface area contributed by atoms with E-state index in [0.717, 1.165) is 24.2 Å². The van der Waals surface area contributed by atoms with Crippen LogP contribution >= 0.6 is 11.8 Å². The highest BCUT2D eigenvalue weighted by Gasteiger charge is 2.25. The zero-order valence-corrected chi connectivity index (χ0v) is 18.5. The summed E-state index contributed by atoms with van der Waals surface area (Å²) in [5, 5.41) is 2.95. The fraction of sp³-hybridized carbons (Fsp3) is 0.417. The van der Waals surface area contributed by atoms with Gasteiger partial charge in [-0.1, -0.05) is 67.9 Å². The van der Waals surface area contributed by atoms with Crippen molar-refractivity contribution in [1.29, 1.82) is 0 Å². The number of hydrogen-bond donors (Lipinski definition) is 1. The number of carbonyl (C=O) groups excluding carboxylic acids is 2. The van der Waals surface area contributed by atoms with Gasteiger partial charge in [0.25, 0.3) is 0 Å². The second-order valence-corrected chi connectivity index (χ2v) is 8.23. The van der Waals surface area contributed by atoms with E-state index in [9.17, 15) is 9.59 Å². The van der Waals surface area contributed by atoms with E-state index in [-0.39, 0.29) is 11.8 Å². The van der Waals surface area contributed by atoms with E-state index in [0.29, 0.717) is 18.8 Å². The summed E-state index contributed by atoms with van der Waals surface area (Å²) in [5.74, 6) is 1.04. The minimum absolute atomic E-state index is 0.00872. The van der Waals surface area contributed by atoms with E-state index in [2.05, 4.69) is 31.3 Å². The molecule has 1 atom stereocenters. The van der Waals surface area contributed by atoms with Crippen LogP contribution in [0.25, 0.3) is 0 Å². The summed E-state index contributed by atoms with van der Waals surface area (Å²) >= 11 is 1.60. The minimum atomic E-state index is -0.501. The van der Waals surface area contributed by atoms with E-state index in [1.54, 1.807) is 16.7 Å². The van der Waals surface area contributed by atoms with Crippen LogP contribution in [0.2, 0.25) is 0 Å². The van der Waals surface area contributed by atoms with Gasteiger partial charge < -0.3 is 10.2 Å². The first-order valence-electron chi connectivity index (χ1n) is 10.3. The van der Waals surface area contributed by atoms with Crippen LogP contribution in [-0.2, 0) is 21.9 Å². The molecule has 4 nitrogen and oxygen atoms in total. The van der Waals surface area contributed by atoms with Crippen molar-refractivity contribution in [1.82, 2.24) is 10.2 Å². The molecule has 2 amide bonds. The summed E-state index contributed by atoms with van der Waals surface area (Å²) in [6.45, 7) is 7.07. The van der Waals surface area contributed by atoms with Crippen LogP contribution in [0.3, 0.4) is 0 Å². The summed E-state index contributed by atoms with van der Waals surface area (Å²) in [7, 11) is 0. The molecule has 0 aromatic heterocycles. The molecule has 0 aliphatic heterocycles. The standard InChI is InChI=1S/C24H32N2O2S/c1-4-5-15-25-24(28)20(3)26(16-21-12-7-6-8-13-21)23(27)18-29-17-22-14-10-9-11-19(22)2/h6-14,20H,4-5,15-18H2,1-3H3,(H,25,28)/t20-/m1/s1. The van der Waals surface area contributed by atoms with Crippen LogP contribution in [0.4, 0.5) is 0 Å². The molecule has 0 bridgehead atoms. The van der Waals surface area contributed by atoms with Gasteiger partial charge in [0.1, 0.15) is 6.04 Å². The molecule has 0 radical (unpaired) electrons. The average Bonchev–Trinajstić information content (AvgIpc) is 2.73. The predicted octanol–water partition coefficient (Wildman–Crippen LogP) is 4.56. The molecule has 0 unspecified atom stereocenters. The summed E-state index contributed by atoms with van der Waals surface area (Å²) < 4.78 is 0. The smallest absolute Gasteiger partial charge is 0.242 e. The van der Waals surface area contributed by atoms with Gasteiger partial charge in [-0.3, -0.25) is 9.59 Å². The SMILES string of the molecule is CCCCNC(=O)[C@@H](C)N(Cc1ccccc1)C(=O)CSCc1ccccc1C. The second kappa shape index (κ2) is 12.3. The lowest BCUT2D eigenvalue weighted by Gasteiger charge is -2.28. The van der Waals surface area contributed by atoms with Crippen LogP contribution < -0.4 is 5.32 Å². The molecular formula is C24H32N2O2S. The first-order valence-corrected chi connectivity index (χ1v) is 11.4. The minimum Gasteiger partial charge on any atom is -0.354 e. The predicted molar refractivity (Wildman–Crippen MR) is 122 cm³/mol. The molecule has 2 rings (SSSR count). The maximum absolute atomic E-state index is 13.0. The Morgan fingerprint density at radius 3 is 2.45 bits per heavy atom. The first-order chi connectivity index (χ1) is 14.0. The molecule has 0 saturated carbocycles. The maximum Gasteiger partial charge on any atom is 0.242 e. The number of amides is 2.